The van der Waals surface area contributed by atoms with Crippen molar-refractivity contribution in [2.24, 2.45) is 23.2 Å². The predicted molar refractivity (Wildman–Crippen MR) is 78.1 cm³/mol. The van der Waals surface area contributed by atoms with Gasteiger partial charge >= 0.3 is 0 Å². The van der Waals surface area contributed by atoms with E-state index >= 15 is 0 Å². The molecule has 0 aromatic carbocycles. The Morgan fingerprint density at radius 3 is 2.44 bits per heavy atom. The molecule has 0 heterocycles. The van der Waals surface area contributed by atoms with Gasteiger partial charge in [0.2, 0.25) is 0 Å². The first-order valence-corrected chi connectivity index (χ1v) is 6.91. The van der Waals surface area contributed by atoms with Crippen LogP contribution in [0, 0.1) is 28.6 Å². The number of aliphatic hydroxyl groups excluding tert-OH is 1. The van der Waals surface area contributed by atoms with Crippen molar-refractivity contribution in [2.45, 2.75) is 47.5 Å². The topological polar surface area (TPSA) is 44.1 Å². The van der Waals surface area contributed by atoms with Crippen LogP contribution in [0.25, 0.3) is 0 Å². The second-order valence-corrected chi connectivity index (χ2v) is 6.01. The maximum Gasteiger partial charge on any atom is 0.0981 e. The summed E-state index contributed by atoms with van der Waals surface area (Å²) < 4.78 is 0. The van der Waals surface area contributed by atoms with Crippen LogP contribution in [0.4, 0.5) is 0 Å². The van der Waals surface area contributed by atoms with Crippen LogP contribution in [0.1, 0.15) is 47.5 Å². The molecule has 3 atom stereocenters. The van der Waals surface area contributed by atoms with E-state index in [1.807, 2.05) is 13.0 Å². The molecule has 0 spiro atoms. The average Bonchev–Trinajstić information content (AvgIpc) is 2.36. The number of aliphatic hydroxyl groups is 1. The molecule has 1 aliphatic rings. The van der Waals surface area contributed by atoms with Gasteiger partial charge in [0.1, 0.15) is 0 Å². The Morgan fingerprint density at radius 1 is 1.44 bits per heavy atom. The molecule has 18 heavy (non-hydrogen) atoms. The molecule has 0 bridgehead atoms. The van der Waals surface area contributed by atoms with Crippen molar-refractivity contribution in [2.75, 3.05) is 0 Å². The Bertz CT molecular complexity index is 359. The van der Waals surface area contributed by atoms with Crippen LogP contribution in [-0.4, -0.2) is 11.3 Å². The zero-order valence-corrected chi connectivity index (χ0v) is 12.3. The Hall–Kier alpha value is -1.05. The fourth-order valence-electron chi connectivity index (χ4n) is 2.95. The first-order valence-electron chi connectivity index (χ1n) is 6.91. The van der Waals surface area contributed by atoms with E-state index in [1.165, 1.54) is 12.6 Å². The lowest BCUT2D eigenvalue weighted by atomic mass is 9.53. The van der Waals surface area contributed by atoms with E-state index in [0.29, 0.717) is 24.0 Å². The summed E-state index contributed by atoms with van der Waals surface area (Å²) in [6.07, 6.45) is 7.33. The Labute approximate surface area is 111 Å². The third-order valence-corrected chi connectivity index (χ3v) is 5.00. The van der Waals surface area contributed by atoms with E-state index in [-0.39, 0.29) is 11.3 Å². The number of rotatable bonds is 5. The van der Waals surface area contributed by atoms with Crippen molar-refractivity contribution >= 4 is 6.21 Å². The Kier molecular flexibility index (Phi) is 4.78. The largest absolute Gasteiger partial charge is 0.512 e. The van der Waals surface area contributed by atoms with E-state index in [9.17, 15) is 5.11 Å². The van der Waals surface area contributed by atoms with E-state index in [2.05, 4.69) is 33.8 Å². The van der Waals surface area contributed by atoms with E-state index in [4.69, 9.17) is 5.41 Å². The first kappa shape index (κ1) is 15.0. The molecule has 2 nitrogen and oxygen atoms in total. The quantitative estimate of drug-likeness (QED) is 0.413. The van der Waals surface area contributed by atoms with Crippen LogP contribution in [0.2, 0.25) is 0 Å². The fourth-order valence-corrected chi connectivity index (χ4v) is 2.95. The van der Waals surface area contributed by atoms with Gasteiger partial charge in [-0.3, -0.25) is 0 Å². The molecule has 1 rings (SSSR count). The summed E-state index contributed by atoms with van der Waals surface area (Å²) >= 11 is 0. The van der Waals surface area contributed by atoms with Crippen molar-refractivity contribution in [3.8, 4) is 0 Å². The molecular formula is C16H27NO. The van der Waals surface area contributed by atoms with Crippen LogP contribution in [0.5, 0.6) is 0 Å². The number of nitrogens with one attached hydrogen (secondary N) is 1. The SMILES string of the molecule is C/C(=C(\O)C1(C)C(C)CC1C)C(C)/C=C\CC=N. The van der Waals surface area contributed by atoms with Gasteiger partial charge in [-0.2, -0.15) is 0 Å². The minimum absolute atomic E-state index is 0.0479. The zero-order chi connectivity index (χ0) is 13.9. The summed E-state index contributed by atoms with van der Waals surface area (Å²) in [6, 6.07) is 0. The summed E-state index contributed by atoms with van der Waals surface area (Å²) in [7, 11) is 0. The van der Waals surface area contributed by atoms with Crippen LogP contribution in [0.15, 0.2) is 23.5 Å². The summed E-state index contributed by atoms with van der Waals surface area (Å²) in [5.41, 5.74) is 1.02. The third kappa shape index (κ3) is 2.52. The smallest absolute Gasteiger partial charge is 0.0981 e. The molecule has 1 fully saturated rings. The summed E-state index contributed by atoms with van der Waals surface area (Å²) in [5.74, 6) is 1.93. The van der Waals surface area contributed by atoms with E-state index in [0.717, 1.165) is 5.57 Å². The molecule has 2 N–H and O–H groups in total. The molecule has 0 aromatic heterocycles. The lowest BCUT2D eigenvalue weighted by molar-refractivity contribution is -0.0158. The molecule has 1 saturated carbocycles. The third-order valence-electron chi connectivity index (χ3n) is 5.00. The van der Waals surface area contributed by atoms with Crippen molar-refractivity contribution in [1.29, 1.82) is 5.41 Å². The maximum atomic E-state index is 10.6. The van der Waals surface area contributed by atoms with Gasteiger partial charge in [-0.25, -0.2) is 0 Å². The lowest BCUT2D eigenvalue weighted by Crippen LogP contribution is -2.46. The van der Waals surface area contributed by atoms with Gasteiger partial charge < -0.3 is 10.5 Å². The first-order chi connectivity index (χ1) is 8.35. The molecule has 0 radical (unpaired) electrons. The molecule has 0 saturated heterocycles. The van der Waals surface area contributed by atoms with Gasteiger partial charge in [-0.15, -0.1) is 0 Å². The highest BCUT2D eigenvalue weighted by Crippen LogP contribution is 2.56. The van der Waals surface area contributed by atoms with E-state index in [1.54, 1.807) is 0 Å². The summed E-state index contributed by atoms with van der Waals surface area (Å²) in [6.45, 7) is 10.7. The van der Waals surface area contributed by atoms with Gasteiger partial charge in [0.15, 0.2) is 0 Å². The molecule has 2 heteroatoms. The zero-order valence-electron chi connectivity index (χ0n) is 12.3. The average molecular weight is 249 g/mol. The van der Waals surface area contributed by atoms with Crippen molar-refractivity contribution in [1.82, 2.24) is 0 Å². The standard InChI is InChI=1S/C16H27NO/c1-11(8-6-7-9-17)14(4)15(18)16(5)12(2)10-13(16)3/h6,8-9,11-13,17-18H,7,10H2,1-5H3/b8-6-,15-14+,17-9?. The molecule has 102 valence electrons. The predicted octanol–water partition coefficient (Wildman–Crippen LogP) is 4.73. The van der Waals surface area contributed by atoms with Crippen molar-refractivity contribution in [3.05, 3.63) is 23.5 Å². The minimum Gasteiger partial charge on any atom is -0.512 e. The van der Waals surface area contributed by atoms with Crippen molar-refractivity contribution in [3.63, 3.8) is 0 Å². The second kappa shape index (κ2) is 5.73. The van der Waals surface area contributed by atoms with Gasteiger partial charge in [0, 0.05) is 11.8 Å². The molecule has 3 unspecified atom stereocenters. The Morgan fingerprint density at radius 2 is 2.00 bits per heavy atom. The van der Waals surface area contributed by atoms with Crippen LogP contribution < -0.4 is 0 Å². The number of hydrogen-bond acceptors (Lipinski definition) is 2. The van der Waals surface area contributed by atoms with Gasteiger partial charge in [-0.05, 0) is 42.9 Å². The van der Waals surface area contributed by atoms with Crippen LogP contribution in [0.3, 0.4) is 0 Å². The minimum atomic E-state index is -0.0479. The van der Waals surface area contributed by atoms with Crippen LogP contribution in [-0.2, 0) is 0 Å². The van der Waals surface area contributed by atoms with E-state index < -0.39 is 0 Å². The number of hydrogen-bond donors (Lipinski definition) is 2. The van der Waals surface area contributed by atoms with Crippen LogP contribution >= 0.6 is 0 Å². The monoisotopic (exact) mass is 249 g/mol. The molecule has 0 amide bonds. The second-order valence-electron chi connectivity index (χ2n) is 6.01. The molecule has 0 aromatic rings. The van der Waals surface area contributed by atoms with Gasteiger partial charge in [0.05, 0.1) is 5.76 Å². The van der Waals surface area contributed by atoms with Crippen molar-refractivity contribution < 1.29 is 5.11 Å². The molecule has 0 aliphatic heterocycles. The highest BCUT2D eigenvalue weighted by atomic mass is 16.3. The lowest BCUT2D eigenvalue weighted by Gasteiger charge is -2.51. The molecular weight excluding hydrogens is 222 g/mol. The highest BCUT2D eigenvalue weighted by Gasteiger charge is 2.50. The maximum absolute atomic E-state index is 10.6. The molecule has 1 aliphatic carbocycles. The highest BCUT2D eigenvalue weighted by molar-refractivity contribution is 5.55. The van der Waals surface area contributed by atoms with Gasteiger partial charge in [0.25, 0.3) is 0 Å². The normalized spacial score (nSPS) is 34.9. The van der Waals surface area contributed by atoms with Gasteiger partial charge in [-0.1, -0.05) is 39.8 Å². The summed E-state index contributed by atoms with van der Waals surface area (Å²) in [4.78, 5) is 0. The number of allylic oxidation sites excluding steroid dienone is 4. The fraction of sp³-hybridized carbons (Fsp3) is 0.688. The Balaban J connectivity index is 2.87. The summed E-state index contributed by atoms with van der Waals surface area (Å²) in [5, 5.41) is 17.6.